The van der Waals surface area contributed by atoms with Crippen LogP contribution in [0.25, 0.3) is 0 Å². The number of allylic oxidation sites excluding steroid dienone is 1. The molecule has 38 valence electrons. The molecule has 7 heavy (non-hydrogen) atoms. The van der Waals surface area contributed by atoms with Gasteiger partial charge >= 0.3 is 0 Å². The fourth-order valence-corrected chi connectivity index (χ4v) is 1.34. The zero-order chi connectivity index (χ0) is 5.07. The molecular formula is C6H9N. The van der Waals surface area contributed by atoms with Crippen molar-refractivity contribution < 1.29 is 0 Å². The summed E-state index contributed by atoms with van der Waals surface area (Å²) in [6, 6.07) is 0. The van der Waals surface area contributed by atoms with Crippen molar-refractivity contribution in [1.82, 2.24) is 0 Å². The first-order valence-electron chi connectivity index (χ1n) is 2.74. The van der Waals surface area contributed by atoms with Crippen LogP contribution in [0.1, 0.15) is 13.3 Å². The van der Waals surface area contributed by atoms with E-state index in [1.54, 1.807) is 0 Å². The summed E-state index contributed by atoms with van der Waals surface area (Å²) in [6.07, 6.45) is 3.40. The summed E-state index contributed by atoms with van der Waals surface area (Å²) in [4.78, 5) is 0. The van der Waals surface area contributed by atoms with E-state index < -0.39 is 0 Å². The van der Waals surface area contributed by atoms with Gasteiger partial charge in [-0.05, 0) is 18.9 Å². The second-order valence-corrected chi connectivity index (χ2v) is 2.54. The van der Waals surface area contributed by atoms with E-state index >= 15 is 0 Å². The third-order valence-corrected chi connectivity index (χ3v) is 2.14. The minimum Gasteiger partial charge on any atom is -0.321 e. The maximum Gasteiger partial charge on any atom is 0.0446 e. The van der Waals surface area contributed by atoms with Crippen molar-refractivity contribution in [2.45, 2.75) is 18.9 Å². The van der Waals surface area contributed by atoms with E-state index in [2.05, 4.69) is 13.0 Å². The molecule has 1 heteroatoms. The number of nitrogens with two attached hydrogens (primary N) is 1. The lowest BCUT2D eigenvalue weighted by molar-refractivity contribution is 0.920. The maximum atomic E-state index is 5.73. The molecule has 2 fully saturated rings. The molecule has 2 aliphatic carbocycles. The molecule has 0 heterocycles. The van der Waals surface area contributed by atoms with E-state index in [0.717, 1.165) is 5.92 Å². The monoisotopic (exact) mass is 95.1 g/mol. The first-order chi connectivity index (χ1) is 3.29. The van der Waals surface area contributed by atoms with Crippen molar-refractivity contribution in [3.05, 3.63) is 11.6 Å². The SMILES string of the molecule is C/C=C1\C2C[C@@]12N. The van der Waals surface area contributed by atoms with Crippen LogP contribution in [0.3, 0.4) is 0 Å². The molecule has 0 amide bonds. The predicted molar refractivity (Wildman–Crippen MR) is 28.8 cm³/mol. The van der Waals surface area contributed by atoms with Gasteiger partial charge in [-0.2, -0.15) is 0 Å². The fourth-order valence-electron chi connectivity index (χ4n) is 1.34. The average molecular weight is 95.1 g/mol. The Hall–Kier alpha value is -0.300. The maximum absolute atomic E-state index is 5.73. The summed E-state index contributed by atoms with van der Waals surface area (Å²) < 4.78 is 0. The van der Waals surface area contributed by atoms with Crippen molar-refractivity contribution in [3.8, 4) is 0 Å². The van der Waals surface area contributed by atoms with E-state index in [0.29, 0.717) is 0 Å². The summed E-state index contributed by atoms with van der Waals surface area (Å²) in [5.41, 5.74) is 7.46. The van der Waals surface area contributed by atoms with Gasteiger partial charge in [0.1, 0.15) is 0 Å². The highest BCUT2D eigenvalue weighted by atomic mass is 15.0. The molecule has 1 nitrogen and oxygen atoms in total. The second kappa shape index (κ2) is 0.671. The molecule has 0 bridgehead atoms. The third-order valence-electron chi connectivity index (χ3n) is 2.14. The van der Waals surface area contributed by atoms with Gasteiger partial charge in [0, 0.05) is 11.5 Å². The van der Waals surface area contributed by atoms with Gasteiger partial charge in [0.15, 0.2) is 0 Å². The molecule has 2 saturated carbocycles. The predicted octanol–water partition coefficient (Wildman–Crippen LogP) is 0.664. The van der Waals surface area contributed by atoms with Gasteiger partial charge in [-0.15, -0.1) is 0 Å². The Morgan fingerprint density at radius 3 is 2.57 bits per heavy atom. The van der Waals surface area contributed by atoms with Crippen LogP contribution in [0.5, 0.6) is 0 Å². The minimum absolute atomic E-state index is 0.245. The lowest BCUT2D eigenvalue weighted by Gasteiger charge is -1.89. The first-order valence-corrected chi connectivity index (χ1v) is 2.74. The van der Waals surface area contributed by atoms with E-state index in [1.165, 1.54) is 12.0 Å². The Bertz CT molecular complexity index is 148. The zero-order valence-corrected chi connectivity index (χ0v) is 4.44. The quantitative estimate of drug-likeness (QED) is 0.439. The summed E-state index contributed by atoms with van der Waals surface area (Å²) >= 11 is 0. The first kappa shape index (κ1) is 3.67. The number of hydrogen-bond donors (Lipinski definition) is 1. The lowest BCUT2D eigenvalue weighted by atomic mass is 10.2. The highest BCUT2D eigenvalue weighted by Crippen LogP contribution is 2.69. The number of fused-ring (bicyclic) bond motifs is 1. The Morgan fingerprint density at radius 1 is 2.00 bits per heavy atom. The highest BCUT2D eigenvalue weighted by Gasteiger charge is 2.71. The van der Waals surface area contributed by atoms with Crippen LogP contribution in [0.15, 0.2) is 11.6 Å². The van der Waals surface area contributed by atoms with Crippen LogP contribution in [0.4, 0.5) is 0 Å². The topological polar surface area (TPSA) is 26.0 Å². The van der Waals surface area contributed by atoms with Crippen molar-refractivity contribution in [2.75, 3.05) is 0 Å². The molecule has 0 aromatic rings. The van der Waals surface area contributed by atoms with Crippen molar-refractivity contribution >= 4 is 0 Å². The van der Waals surface area contributed by atoms with Gasteiger partial charge in [0.05, 0.1) is 0 Å². The smallest absolute Gasteiger partial charge is 0.0446 e. The fraction of sp³-hybridized carbons (Fsp3) is 0.667. The molecule has 0 radical (unpaired) electrons. The van der Waals surface area contributed by atoms with E-state index in [-0.39, 0.29) is 5.54 Å². The Kier molecular flexibility index (Phi) is 0.352. The van der Waals surface area contributed by atoms with Gasteiger partial charge in [-0.1, -0.05) is 6.08 Å². The molecular weight excluding hydrogens is 86.1 g/mol. The van der Waals surface area contributed by atoms with Gasteiger partial charge in [-0.25, -0.2) is 0 Å². The molecule has 0 saturated heterocycles. The molecule has 2 N–H and O–H groups in total. The van der Waals surface area contributed by atoms with E-state index in [9.17, 15) is 0 Å². The molecule has 0 aliphatic heterocycles. The van der Waals surface area contributed by atoms with Crippen LogP contribution in [-0.2, 0) is 0 Å². The highest BCUT2D eigenvalue weighted by molar-refractivity contribution is 5.56. The molecule has 2 aliphatic rings. The van der Waals surface area contributed by atoms with E-state index in [1.807, 2.05) is 0 Å². The molecule has 1 unspecified atom stereocenters. The van der Waals surface area contributed by atoms with Crippen molar-refractivity contribution in [3.63, 3.8) is 0 Å². The Balaban J connectivity index is 2.29. The lowest BCUT2D eigenvalue weighted by Crippen LogP contribution is -2.09. The van der Waals surface area contributed by atoms with Gasteiger partial charge in [0.2, 0.25) is 0 Å². The molecule has 0 aromatic carbocycles. The molecule has 0 spiro atoms. The van der Waals surface area contributed by atoms with Crippen LogP contribution in [0, 0.1) is 5.92 Å². The van der Waals surface area contributed by atoms with Crippen LogP contribution < -0.4 is 5.73 Å². The van der Waals surface area contributed by atoms with Crippen molar-refractivity contribution in [1.29, 1.82) is 0 Å². The third kappa shape index (κ3) is 0.223. The number of hydrogen-bond acceptors (Lipinski definition) is 1. The van der Waals surface area contributed by atoms with Crippen LogP contribution in [0.2, 0.25) is 0 Å². The van der Waals surface area contributed by atoms with Gasteiger partial charge in [0.25, 0.3) is 0 Å². The Morgan fingerprint density at radius 2 is 2.57 bits per heavy atom. The second-order valence-electron chi connectivity index (χ2n) is 2.54. The standard InChI is InChI=1S/C6H9N/c1-2-4-5-3-6(4,5)7/h2,5H,3,7H2,1H3/b4-2+/t5?,6-/m1/s1. The van der Waals surface area contributed by atoms with Crippen molar-refractivity contribution in [2.24, 2.45) is 11.7 Å². The zero-order valence-electron chi connectivity index (χ0n) is 4.44. The Labute approximate surface area is 43.2 Å². The summed E-state index contributed by atoms with van der Waals surface area (Å²) in [5, 5.41) is 0. The summed E-state index contributed by atoms with van der Waals surface area (Å²) in [7, 11) is 0. The summed E-state index contributed by atoms with van der Waals surface area (Å²) in [5.74, 6) is 0.817. The van der Waals surface area contributed by atoms with Gasteiger partial charge in [-0.3, -0.25) is 0 Å². The molecule has 2 rings (SSSR count). The van der Waals surface area contributed by atoms with Crippen LogP contribution >= 0.6 is 0 Å². The minimum atomic E-state index is 0.245. The summed E-state index contributed by atoms with van der Waals surface area (Å²) in [6.45, 7) is 2.07. The van der Waals surface area contributed by atoms with E-state index in [4.69, 9.17) is 5.73 Å². The number of rotatable bonds is 0. The van der Waals surface area contributed by atoms with Crippen LogP contribution in [-0.4, -0.2) is 5.54 Å². The molecule has 2 atom stereocenters. The van der Waals surface area contributed by atoms with Gasteiger partial charge < -0.3 is 5.73 Å². The normalized spacial score (nSPS) is 59.7. The average Bonchev–Trinajstić information content (AvgIpc) is 2.28. The molecule has 0 aromatic heterocycles. The largest absolute Gasteiger partial charge is 0.321 e.